The third kappa shape index (κ3) is 6.05. The third-order valence-electron chi connectivity index (χ3n) is 7.16. The van der Waals surface area contributed by atoms with Crippen LogP contribution in [-0.4, -0.2) is 67.9 Å². The van der Waals surface area contributed by atoms with Crippen LogP contribution in [0.5, 0.6) is 0 Å². The van der Waals surface area contributed by atoms with Gasteiger partial charge in [0.1, 0.15) is 31.0 Å². The van der Waals surface area contributed by atoms with Crippen LogP contribution < -0.4 is 0 Å². The molecule has 14 heteroatoms. The molecule has 2 aromatic carbocycles. The van der Waals surface area contributed by atoms with Gasteiger partial charge in [-0.05, 0) is 52.7 Å². The molecule has 5 rings (SSSR count). The Kier molecular flexibility index (Phi) is 9.23. The Morgan fingerprint density at radius 3 is 2.63 bits per heavy atom. The lowest BCUT2D eigenvalue weighted by atomic mass is 10.0. The van der Waals surface area contributed by atoms with E-state index in [9.17, 15) is 14.7 Å². The number of hydrogen-bond acceptors (Lipinski definition) is 9. The predicted octanol–water partition coefficient (Wildman–Crippen LogP) is 6.63. The maximum atomic E-state index is 12.6. The smallest absolute Gasteiger partial charge is 0.474 e. The summed E-state index contributed by atoms with van der Waals surface area (Å²) < 4.78 is 17.0. The fourth-order valence-electron chi connectivity index (χ4n) is 5.23. The van der Waals surface area contributed by atoms with Crippen LogP contribution >= 0.6 is 27.5 Å². The minimum Gasteiger partial charge on any atom is -0.474 e. The number of fused-ring (bicyclic) bond motifs is 1. The molecule has 2 aromatic heterocycles. The van der Waals surface area contributed by atoms with E-state index in [-0.39, 0.29) is 41.6 Å². The monoisotopic (exact) mass is 671 g/mol. The molecule has 1 aliphatic heterocycles. The van der Waals surface area contributed by atoms with E-state index < -0.39 is 12.1 Å². The van der Waals surface area contributed by atoms with Gasteiger partial charge < -0.3 is 19.0 Å². The molecular formula is C29H29BrClN6O6+. The first-order valence-electron chi connectivity index (χ1n) is 13.7. The van der Waals surface area contributed by atoms with E-state index in [1.165, 1.54) is 0 Å². The molecule has 3 heterocycles. The van der Waals surface area contributed by atoms with Crippen molar-refractivity contribution in [3.63, 3.8) is 0 Å². The number of halogens is 2. The number of tetrazole rings is 1. The maximum absolute atomic E-state index is 12.6. The summed E-state index contributed by atoms with van der Waals surface area (Å²) in [6, 6.07) is 13.2. The number of carbonyl (C=O) groups excluding carboxylic acids is 1. The summed E-state index contributed by atoms with van der Waals surface area (Å²) >= 11 is 10.2. The molecule has 0 fully saturated rings. The SMILES string of the molecule is CCCCC1=NC(Cl)=C(C(=O)O)[N+]1(CCOC(=O)OCC)Cc1ccc2oc(-c3ccccc3-c3nn[nH]n3)c(Br)c2c1. The molecule has 0 saturated carbocycles. The predicted molar refractivity (Wildman–Crippen MR) is 162 cm³/mol. The second kappa shape index (κ2) is 13.1. The number of rotatable bonds is 12. The average Bonchev–Trinajstić information content (AvgIpc) is 3.69. The number of aliphatic carboxylic acids is 1. The van der Waals surface area contributed by atoms with Gasteiger partial charge in [0.25, 0.3) is 5.70 Å². The molecule has 224 valence electrons. The number of quaternary nitrogens is 1. The summed E-state index contributed by atoms with van der Waals surface area (Å²) in [6.45, 7) is 4.09. The normalized spacial score (nSPS) is 16.5. The third-order valence-corrected chi connectivity index (χ3v) is 8.21. The number of carbonyl (C=O) groups is 2. The number of aliphatic imine (C=N–C) groups is 1. The van der Waals surface area contributed by atoms with E-state index >= 15 is 0 Å². The second-order valence-electron chi connectivity index (χ2n) is 9.81. The number of benzene rings is 2. The van der Waals surface area contributed by atoms with Crippen molar-refractivity contribution in [3.8, 4) is 22.7 Å². The van der Waals surface area contributed by atoms with Gasteiger partial charge in [-0.3, -0.25) is 0 Å². The molecule has 4 aromatic rings. The van der Waals surface area contributed by atoms with Gasteiger partial charge in [-0.1, -0.05) is 49.2 Å². The quantitative estimate of drug-likeness (QED) is 0.0960. The minimum absolute atomic E-state index is 0.0682. The molecule has 0 radical (unpaired) electrons. The summed E-state index contributed by atoms with van der Waals surface area (Å²) in [6.07, 6.45) is 1.36. The largest absolute Gasteiger partial charge is 0.508 e. The molecule has 0 aliphatic carbocycles. The Bertz CT molecular complexity index is 1720. The van der Waals surface area contributed by atoms with E-state index in [0.29, 0.717) is 33.9 Å². The van der Waals surface area contributed by atoms with Crippen LogP contribution in [0.15, 0.2) is 67.2 Å². The van der Waals surface area contributed by atoms with Crippen LogP contribution in [-0.2, 0) is 20.8 Å². The molecule has 0 spiro atoms. The lowest BCUT2D eigenvalue weighted by molar-refractivity contribution is -0.812. The highest BCUT2D eigenvalue weighted by molar-refractivity contribution is 9.10. The number of aromatic amines is 1. The molecule has 2 N–H and O–H groups in total. The molecule has 12 nitrogen and oxygen atoms in total. The van der Waals surface area contributed by atoms with E-state index in [1.807, 2.05) is 49.4 Å². The topological polar surface area (TPSA) is 153 Å². The fraction of sp³-hybridized carbons (Fsp3) is 0.310. The van der Waals surface area contributed by atoms with Crippen molar-refractivity contribution in [3.05, 3.63) is 63.4 Å². The van der Waals surface area contributed by atoms with E-state index in [1.54, 1.807) is 6.92 Å². The number of aromatic nitrogens is 4. The summed E-state index contributed by atoms with van der Waals surface area (Å²) in [5, 5.41) is 25.4. The van der Waals surface area contributed by atoms with Crippen molar-refractivity contribution in [1.82, 2.24) is 20.6 Å². The van der Waals surface area contributed by atoms with Crippen molar-refractivity contribution < 1.29 is 33.1 Å². The summed E-state index contributed by atoms with van der Waals surface area (Å²) in [5.41, 5.74) is 2.87. The molecule has 0 saturated heterocycles. The number of carboxylic acids is 1. The number of unbranched alkanes of at least 4 members (excludes halogenated alkanes) is 1. The van der Waals surface area contributed by atoms with Crippen LogP contribution in [0.4, 0.5) is 4.79 Å². The Labute approximate surface area is 260 Å². The van der Waals surface area contributed by atoms with Crippen molar-refractivity contribution >= 4 is 56.5 Å². The zero-order valence-corrected chi connectivity index (χ0v) is 25.8. The van der Waals surface area contributed by atoms with Gasteiger partial charge in [0.05, 0.1) is 11.1 Å². The molecule has 0 bridgehead atoms. The Hall–Kier alpha value is -4.07. The highest BCUT2D eigenvalue weighted by Crippen LogP contribution is 2.42. The van der Waals surface area contributed by atoms with Crippen LogP contribution in [0.1, 0.15) is 38.7 Å². The van der Waals surface area contributed by atoms with Crippen molar-refractivity contribution in [2.45, 2.75) is 39.7 Å². The zero-order valence-electron chi connectivity index (χ0n) is 23.5. The summed E-state index contributed by atoms with van der Waals surface area (Å²) in [4.78, 5) is 29.0. The van der Waals surface area contributed by atoms with Gasteiger partial charge in [-0.2, -0.15) is 10.2 Å². The van der Waals surface area contributed by atoms with Crippen molar-refractivity contribution in [1.29, 1.82) is 0 Å². The molecule has 0 amide bonds. The van der Waals surface area contributed by atoms with Gasteiger partial charge in [0, 0.05) is 28.5 Å². The van der Waals surface area contributed by atoms with E-state index in [2.05, 4.69) is 41.5 Å². The van der Waals surface area contributed by atoms with Gasteiger partial charge >= 0.3 is 12.1 Å². The van der Waals surface area contributed by atoms with Gasteiger partial charge in [-0.15, -0.1) is 10.2 Å². The number of amidine groups is 1. The lowest BCUT2D eigenvalue weighted by Crippen LogP contribution is -2.53. The summed E-state index contributed by atoms with van der Waals surface area (Å²) in [7, 11) is 0. The Morgan fingerprint density at radius 1 is 1.14 bits per heavy atom. The fourth-order valence-corrected chi connectivity index (χ4v) is 6.17. The summed E-state index contributed by atoms with van der Waals surface area (Å²) in [5.74, 6) is 0.415. The molecule has 1 aliphatic rings. The van der Waals surface area contributed by atoms with Gasteiger partial charge in [0.2, 0.25) is 16.8 Å². The highest BCUT2D eigenvalue weighted by atomic mass is 79.9. The van der Waals surface area contributed by atoms with Gasteiger partial charge in [-0.25, -0.2) is 14.1 Å². The number of nitrogens with one attached hydrogen (secondary N) is 1. The van der Waals surface area contributed by atoms with Crippen LogP contribution in [0.25, 0.3) is 33.7 Å². The second-order valence-corrected chi connectivity index (χ2v) is 11.0. The minimum atomic E-state index is -1.19. The molecule has 1 atom stereocenters. The van der Waals surface area contributed by atoms with Crippen molar-refractivity contribution in [2.24, 2.45) is 4.99 Å². The lowest BCUT2D eigenvalue weighted by Gasteiger charge is -2.35. The highest BCUT2D eigenvalue weighted by Gasteiger charge is 2.49. The number of ether oxygens (including phenoxy) is 2. The Morgan fingerprint density at radius 2 is 1.93 bits per heavy atom. The molecule has 43 heavy (non-hydrogen) atoms. The first kappa shape index (κ1) is 30.4. The number of furan rings is 1. The molecular weight excluding hydrogens is 644 g/mol. The van der Waals surface area contributed by atoms with Crippen LogP contribution in [0, 0.1) is 0 Å². The van der Waals surface area contributed by atoms with Gasteiger partial charge in [0.15, 0.2) is 0 Å². The average molecular weight is 673 g/mol. The first-order valence-corrected chi connectivity index (χ1v) is 14.9. The number of H-pyrrole nitrogens is 1. The number of hydrogen-bond donors (Lipinski definition) is 2. The number of carboxylic acid groups (broad SMARTS) is 1. The number of nitrogens with zero attached hydrogens (tertiary/aromatic N) is 5. The van der Waals surface area contributed by atoms with E-state index in [4.69, 9.17) is 25.5 Å². The van der Waals surface area contributed by atoms with Crippen molar-refractivity contribution in [2.75, 3.05) is 19.8 Å². The van der Waals surface area contributed by atoms with Crippen LogP contribution in [0.2, 0.25) is 0 Å². The van der Waals surface area contributed by atoms with Crippen LogP contribution in [0.3, 0.4) is 0 Å². The Balaban J connectivity index is 1.55. The molecule has 1 unspecified atom stereocenters. The maximum Gasteiger partial charge on any atom is 0.508 e. The first-order chi connectivity index (χ1) is 20.8. The van der Waals surface area contributed by atoms with E-state index in [0.717, 1.165) is 34.9 Å². The zero-order chi connectivity index (χ0) is 30.6. The standard InChI is InChI=1S/C29H28BrClN6O6/c1-3-5-10-22-32-26(31)24(28(38)39)37(22,13-14-42-29(40)41-4-2)16-17-11-12-21-20(15-17)23(30)25(43-21)18-8-6-7-9-19(18)27-33-35-36-34-27/h6-9,11-12,15H,3-5,10,13-14,16H2,1-2H3,(H-,33,34,35,36,38,39)/p+1.